The van der Waals surface area contributed by atoms with Crippen LogP contribution in [0.15, 0.2) is 11.6 Å². The molecule has 7 fully saturated rings. The number of aliphatic hydroxyl groups is 10. The number of carbonyl (C=O) groups is 2. The number of carboxylic acids is 2. The normalized spacial score (nSPS) is 54.6. The highest BCUT2D eigenvalue weighted by atomic mass is 16.8. The highest BCUT2D eigenvalue weighted by Gasteiger charge is 2.71. The fraction of sp³-hybridized carbons (Fsp3) is 0.917. The van der Waals surface area contributed by atoms with E-state index in [1.165, 1.54) is 12.5 Å². The maximum Gasteiger partial charge on any atom is 0.335 e. The van der Waals surface area contributed by atoms with Crippen LogP contribution in [0.3, 0.4) is 0 Å². The molecule has 4 saturated carbocycles. The highest BCUT2D eigenvalue weighted by molar-refractivity contribution is 5.76. The van der Waals surface area contributed by atoms with Gasteiger partial charge in [0.05, 0.1) is 36.9 Å². The van der Waals surface area contributed by atoms with Crippen LogP contribution in [0.25, 0.3) is 0 Å². The van der Waals surface area contributed by atoms with E-state index < -0.39 is 146 Å². The van der Waals surface area contributed by atoms with E-state index in [2.05, 4.69) is 40.7 Å². The largest absolute Gasteiger partial charge is 0.481 e. The van der Waals surface area contributed by atoms with Gasteiger partial charge < -0.3 is 89.7 Å². The van der Waals surface area contributed by atoms with Gasteiger partial charge in [0.15, 0.2) is 25.0 Å². The molecule has 0 aromatic rings. The van der Waals surface area contributed by atoms with Gasteiger partial charge in [-0.15, -0.1) is 0 Å². The molecule has 12 N–H and O–H groups in total. The summed E-state index contributed by atoms with van der Waals surface area (Å²) in [5.41, 5.74) is -2.02. The molecule has 68 heavy (non-hydrogen) atoms. The average Bonchev–Trinajstić information content (AvgIpc) is 3.27. The van der Waals surface area contributed by atoms with E-state index in [-0.39, 0.29) is 40.4 Å². The Bertz CT molecular complexity index is 1920. The Hall–Kier alpha value is -1.96. The lowest BCUT2D eigenvalue weighted by Crippen LogP contribution is -2.70. The highest BCUT2D eigenvalue weighted by Crippen LogP contribution is 2.76. The molecule has 25 atom stereocenters. The second-order valence-electron chi connectivity index (χ2n) is 23.5. The average molecular weight is 973 g/mol. The third-order valence-corrected chi connectivity index (χ3v) is 19.4. The van der Waals surface area contributed by atoms with Crippen molar-refractivity contribution in [3.05, 3.63) is 11.6 Å². The van der Waals surface area contributed by atoms with Crippen LogP contribution in [0.5, 0.6) is 0 Å². The molecule has 3 aliphatic heterocycles. The first kappa shape index (κ1) is 52.4. The summed E-state index contributed by atoms with van der Waals surface area (Å²) in [6.45, 7) is 13.0. The molecule has 388 valence electrons. The molecule has 0 spiro atoms. The van der Waals surface area contributed by atoms with Crippen LogP contribution >= 0.6 is 0 Å². The molecular formula is C48H76O20. The number of aliphatic carboxylic acids is 2. The van der Waals surface area contributed by atoms with Gasteiger partial charge in [0.2, 0.25) is 0 Å². The van der Waals surface area contributed by atoms with Gasteiger partial charge in [-0.2, -0.15) is 0 Å². The van der Waals surface area contributed by atoms with Crippen LogP contribution in [0.2, 0.25) is 0 Å². The molecule has 3 saturated heterocycles. The molecule has 0 aromatic carbocycles. The van der Waals surface area contributed by atoms with Crippen molar-refractivity contribution in [2.45, 2.75) is 211 Å². The Morgan fingerprint density at radius 3 is 1.88 bits per heavy atom. The molecule has 3 heterocycles. The van der Waals surface area contributed by atoms with E-state index in [0.717, 1.165) is 19.3 Å². The predicted octanol–water partition coefficient (Wildman–Crippen LogP) is -0.231. The van der Waals surface area contributed by atoms with Gasteiger partial charge in [-0.25, -0.2) is 4.79 Å². The van der Waals surface area contributed by atoms with Crippen molar-refractivity contribution in [2.75, 3.05) is 13.2 Å². The van der Waals surface area contributed by atoms with Crippen LogP contribution in [0, 0.1) is 50.2 Å². The Morgan fingerprint density at radius 2 is 1.28 bits per heavy atom. The number of ether oxygens (including phenoxy) is 6. The van der Waals surface area contributed by atoms with Crippen molar-refractivity contribution in [1.29, 1.82) is 0 Å². The number of fused-ring (bicyclic) bond motifs is 7. The fourth-order valence-electron chi connectivity index (χ4n) is 15.2. The number of aliphatic hydroxyl groups excluding tert-OH is 10. The van der Waals surface area contributed by atoms with Gasteiger partial charge in [0.25, 0.3) is 0 Å². The minimum Gasteiger partial charge on any atom is -0.481 e. The van der Waals surface area contributed by atoms with Gasteiger partial charge in [0, 0.05) is 5.41 Å². The lowest BCUT2D eigenvalue weighted by molar-refractivity contribution is -0.384. The Balaban J connectivity index is 1.04. The lowest BCUT2D eigenvalue weighted by atomic mass is 9.33. The van der Waals surface area contributed by atoms with Crippen molar-refractivity contribution in [3.63, 3.8) is 0 Å². The summed E-state index contributed by atoms with van der Waals surface area (Å²) in [5.74, 6) is -2.79. The first-order valence-electron chi connectivity index (χ1n) is 24.4. The smallest absolute Gasteiger partial charge is 0.335 e. The second kappa shape index (κ2) is 18.2. The molecule has 8 aliphatic rings. The van der Waals surface area contributed by atoms with Crippen LogP contribution in [-0.2, 0) is 38.0 Å². The Labute approximate surface area is 396 Å². The maximum absolute atomic E-state index is 13.1. The van der Waals surface area contributed by atoms with E-state index >= 15 is 0 Å². The summed E-state index contributed by atoms with van der Waals surface area (Å²) in [5, 5.41) is 132. The van der Waals surface area contributed by atoms with Crippen LogP contribution < -0.4 is 0 Å². The van der Waals surface area contributed by atoms with Crippen LogP contribution in [-0.4, -0.2) is 191 Å². The van der Waals surface area contributed by atoms with E-state index in [4.69, 9.17) is 28.4 Å². The maximum atomic E-state index is 13.1. The van der Waals surface area contributed by atoms with Gasteiger partial charge >= 0.3 is 11.9 Å². The van der Waals surface area contributed by atoms with Crippen molar-refractivity contribution in [2.24, 2.45) is 50.2 Å². The number of allylic oxidation sites excluding steroid dienone is 2. The topological polar surface area (TPSA) is 332 Å². The molecule has 20 nitrogen and oxygen atoms in total. The van der Waals surface area contributed by atoms with Crippen LogP contribution in [0.1, 0.15) is 106 Å². The molecular weight excluding hydrogens is 897 g/mol. The first-order chi connectivity index (χ1) is 31.7. The summed E-state index contributed by atoms with van der Waals surface area (Å²) in [7, 11) is 0. The first-order valence-corrected chi connectivity index (χ1v) is 24.4. The molecule has 5 aliphatic carbocycles. The monoisotopic (exact) mass is 972 g/mol. The summed E-state index contributed by atoms with van der Waals surface area (Å²) < 4.78 is 34.8. The molecule has 20 heteroatoms. The predicted molar refractivity (Wildman–Crippen MR) is 233 cm³/mol. The standard InChI is InChI=1S/C48H76O20/c1-20-27(52)29(54)30(55)39(63-20)65-34-28(53)24(18-49)64-40(32(34)57)66-35-31(56)36(38(59)60)67-41(33(35)58)68-37-23(51)17-44(4)25(45(37,5)19-50)10-11-47(7)26(44)9-8-21-22-16-43(2,3)12-14-48(22,42(61)62)15-13-46(21,47)6/h8,20,22-37,39-41,49-58H,9-19H2,1-7H3,(H,59,60)(H,61,62)/t20-,22-,23?,24+,25+,26+,27-,28-,29+,30+,31-,32+,33+,34-,35-,36-,37-,39-,40-,41-,44-,45-,46+,47+,48-/m0/s1. The second-order valence-corrected chi connectivity index (χ2v) is 23.5. The van der Waals surface area contributed by atoms with Gasteiger partial charge in [-0.3, -0.25) is 4.79 Å². The SMILES string of the molecule is C[C@@H]1O[C@@H](O[C@H]2[C@@H](O)[C@@H](CO)O[C@@H](O[C@@H]3[C@@H](O)[C@H](O[C@H]4C(O)C[C@@]5(C)[C@@H](CC[C@]6(C)[C@@H]5CC=C5[C@@H]7CC(C)(C)CC[C@]7(C(=O)O)CC[C@]56C)[C@]4(C)CO)O[C@H](C(=O)O)[C@H]3O)[C@@H]2O)[C@H](O)[C@H](O)[C@H]1O. The number of hydrogen-bond acceptors (Lipinski definition) is 18. The lowest BCUT2D eigenvalue weighted by Gasteiger charge is -2.71. The van der Waals surface area contributed by atoms with E-state index in [9.17, 15) is 70.9 Å². The quantitative estimate of drug-likeness (QED) is 0.0994. The van der Waals surface area contributed by atoms with Gasteiger partial charge in [-0.05, 0) is 104 Å². The molecule has 1 unspecified atom stereocenters. The zero-order valence-corrected chi connectivity index (χ0v) is 40.0. The number of rotatable bonds is 10. The molecule has 0 radical (unpaired) electrons. The Morgan fingerprint density at radius 1 is 0.676 bits per heavy atom. The van der Waals surface area contributed by atoms with Crippen LogP contribution in [0.4, 0.5) is 0 Å². The third kappa shape index (κ3) is 7.94. The summed E-state index contributed by atoms with van der Waals surface area (Å²) in [6.07, 6.45) is -21.8. The summed E-state index contributed by atoms with van der Waals surface area (Å²) in [4.78, 5) is 25.8. The summed E-state index contributed by atoms with van der Waals surface area (Å²) in [6, 6.07) is 0. The molecule has 0 aromatic heterocycles. The minimum atomic E-state index is -2.15. The molecule has 0 amide bonds. The summed E-state index contributed by atoms with van der Waals surface area (Å²) >= 11 is 0. The zero-order valence-electron chi connectivity index (χ0n) is 40.0. The third-order valence-electron chi connectivity index (χ3n) is 19.4. The molecule has 0 bridgehead atoms. The number of hydrogen-bond donors (Lipinski definition) is 12. The van der Waals surface area contributed by atoms with Crippen molar-refractivity contribution >= 4 is 11.9 Å². The van der Waals surface area contributed by atoms with Crippen molar-refractivity contribution in [3.8, 4) is 0 Å². The van der Waals surface area contributed by atoms with E-state index in [0.29, 0.717) is 32.1 Å². The Kier molecular flexibility index (Phi) is 14.0. The fourth-order valence-corrected chi connectivity index (χ4v) is 15.2. The van der Waals surface area contributed by atoms with E-state index in [1.807, 2.05) is 0 Å². The number of carboxylic acid groups (broad SMARTS) is 2. The zero-order chi connectivity index (χ0) is 50.0. The van der Waals surface area contributed by atoms with Crippen molar-refractivity contribution < 1.29 is 99.3 Å². The minimum absolute atomic E-state index is 0.00253. The van der Waals surface area contributed by atoms with Gasteiger partial charge in [0.1, 0.15) is 61.0 Å². The van der Waals surface area contributed by atoms with E-state index in [1.54, 1.807) is 6.92 Å². The molecule has 8 rings (SSSR count). The van der Waals surface area contributed by atoms with Gasteiger partial charge in [-0.1, -0.05) is 53.2 Å². The van der Waals surface area contributed by atoms with Crippen molar-refractivity contribution in [1.82, 2.24) is 0 Å².